The second-order valence-electron chi connectivity index (χ2n) is 5.32. The van der Waals surface area contributed by atoms with Gasteiger partial charge in [0.2, 0.25) is 5.91 Å². The molecular formula is C15H17F2NO3. The molecule has 1 saturated carbocycles. The molecule has 0 spiro atoms. The number of esters is 1. The van der Waals surface area contributed by atoms with Crippen LogP contribution in [-0.2, 0) is 14.3 Å². The van der Waals surface area contributed by atoms with Crippen molar-refractivity contribution in [3.05, 3.63) is 35.4 Å². The Morgan fingerprint density at radius 3 is 2.71 bits per heavy atom. The molecular weight excluding hydrogens is 280 g/mol. The van der Waals surface area contributed by atoms with Gasteiger partial charge in [0.25, 0.3) is 0 Å². The monoisotopic (exact) mass is 297 g/mol. The van der Waals surface area contributed by atoms with Crippen LogP contribution in [0, 0.1) is 17.6 Å². The lowest BCUT2D eigenvalue weighted by atomic mass is 10.1. The average Bonchev–Trinajstić information content (AvgIpc) is 3.21. The van der Waals surface area contributed by atoms with Crippen molar-refractivity contribution in [2.45, 2.75) is 18.8 Å². The zero-order chi connectivity index (χ0) is 15.6. The lowest BCUT2D eigenvalue weighted by molar-refractivity contribution is -0.146. The molecule has 0 aliphatic heterocycles. The van der Waals surface area contributed by atoms with Crippen molar-refractivity contribution in [3.8, 4) is 0 Å². The summed E-state index contributed by atoms with van der Waals surface area (Å²) in [5.74, 6) is -2.42. The summed E-state index contributed by atoms with van der Waals surface area (Å²) in [6.07, 6.45) is 0.561. The molecule has 0 unspecified atom stereocenters. The Kier molecular flexibility index (Phi) is 4.55. The summed E-state index contributed by atoms with van der Waals surface area (Å²) in [7, 11) is 3.24. The number of hydrogen-bond donors (Lipinski definition) is 0. The first-order valence-corrected chi connectivity index (χ1v) is 6.72. The van der Waals surface area contributed by atoms with Crippen molar-refractivity contribution >= 4 is 11.9 Å². The molecule has 114 valence electrons. The predicted molar refractivity (Wildman–Crippen MR) is 71.5 cm³/mol. The van der Waals surface area contributed by atoms with E-state index in [0.29, 0.717) is 6.42 Å². The molecule has 1 aliphatic rings. The number of hydrogen-bond acceptors (Lipinski definition) is 3. The van der Waals surface area contributed by atoms with Crippen LogP contribution in [0.25, 0.3) is 0 Å². The Bertz CT molecular complexity index is 560. The molecule has 0 heterocycles. The second-order valence-corrected chi connectivity index (χ2v) is 5.32. The first-order chi connectivity index (χ1) is 9.90. The van der Waals surface area contributed by atoms with Crippen LogP contribution in [0.15, 0.2) is 18.2 Å². The molecule has 0 bridgehead atoms. The molecule has 2 atom stereocenters. The van der Waals surface area contributed by atoms with Gasteiger partial charge in [0.15, 0.2) is 0 Å². The van der Waals surface area contributed by atoms with E-state index in [1.165, 1.54) is 4.90 Å². The number of nitrogens with zero attached hydrogens (tertiary/aromatic N) is 1. The number of carbonyl (C=O) groups is 2. The molecule has 1 amide bonds. The lowest BCUT2D eigenvalue weighted by Crippen LogP contribution is -2.23. The highest BCUT2D eigenvalue weighted by Crippen LogP contribution is 2.49. The largest absolute Gasteiger partial charge is 0.465 e. The Hall–Kier alpha value is -1.98. The third kappa shape index (κ3) is 3.77. The van der Waals surface area contributed by atoms with Crippen molar-refractivity contribution in [2.24, 2.45) is 5.92 Å². The van der Waals surface area contributed by atoms with Crippen LogP contribution in [0.2, 0.25) is 0 Å². The summed E-state index contributed by atoms with van der Waals surface area (Å²) in [4.78, 5) is 24.5. The van der Waals surface area contributed by atoms with E-state index < -0.39 is 23.5 Å². The van der Waals surface area contributed by atoms with Crippen molar-refractivity contribution in [1.82, 2.24) is 4.90 Å². The predicted octanol–water partition coefficient (Wildman–Crippen LogP) is 2.09. The van der Waals surface area contributed by atoms with Gasteiger partial charge in [-0.15, -0.1) is 0 Å². The molecule has 0 N–H and O–H groups in total. The first kappa shape index (κ1) is 15.4. The molecule has 1 aromatic carbocycles. The van der Waals surface area contributed by atoms with Crippen LogP contribution in [0.3, 0.4) is 0 Å². The average molecular weight is 297 g/mol. The van der Waals surface area contributed by atoms with Gasteiger partial charge in [-0.05, 0) is 30.2 Å². The van der Waals surface area contributed by atoms with Gasteiger partial charge in [-0.1, -0.05) is 0 Å². The maximum absolute atomic E-state index is 13.6. The fraction of sp³-hybridized carbons (Fsp3) is 0.467. The van der Waals surface area contributed by atoms with Crippen molar-refractivity contribution in [3.63, 3.8) is 0 Å². The van der Waals surface area contributed by atoms with Gasteiger partial charge in [-0.2, -0.15) is 0 Å². The molecule has 1 aliphatic carbocycles. The van der Waals surface area contributed by atoms with Gasteiger partial charge in [0.1, 0.15) is 18.2 Å². The van der Waals surface area contributed by atoms with E-state index in [4.69, 9.17) is 4.74 Å². The van der Waals surface area contributed by atoms with Crippen molar-refractivity contribution in [2.75, 3.05) is 20.7 Å². The van der Waals surface area contributed by atoms with Gasteiger partial charge in [-0.3, -0.25) is 9.59 Å². The number of benzene rings is 1. The number of carbonyl (C=O) groups excluding carboxylic acids is 2. The maximum atomic E-state index is 13.6. The Morgan fingerprint density at radius 1 is 1.33 bits per heavy atom. The zero-order valence-electron chi connectivity index (χ0n) is 11.9. The van der Waals surface area contributed by atoms with Crippen LogP contribution in [0.4, 0.5) is 8.78 Å². The van der Waals surface area contributed by atoms with E-state index in [1.807, 2.05) is 0 Å². The van der Waals surface area contributed by atoms with E-state index in [2.05, 4.69) is 0 Å². The summed E-state index contributed by atoms with van der Waals surface area (Å²) in [6, 6.07) is 3.21. The highest BCUT2D eigenvalue weighted by Gasteiger charge is 2.46. The summed E-state index contributed by atoms with van der Waals surface area (Å²) < 4.78 is 31.7. The summed E-state index contributed by atoms with van der Waals surface area (Å²) >= 11 is 0. The molecule has 21 heavy (non-hydrogen) atoms. The minimum absolute atomic E-state index is 0.00466. The van der Waals surface area contributed by atoms with E-state index in [1.54, 1.807) is 14.1 Å². The van der Waals surface area contributed by atoms with E-state index in [0.717, 1.165) is 18.2 Å². The minimum atomic E-state index is -0.526. The molecule has 4 nitrogen and oxygen atoms in total. The second kappa shape index (κ2) is 6.20. The number of halogens is 2. The quantitative estimate of drug-likeness (QED) is 0.782. The molecule has 1 fully saturated rings. The number of rotatable bonds is 5. The molecule has 1 aromatic rings. The molecule has 0 saturated heterocycles. The van der Waals surface area contributed by atoms with Crippen molar-refractivity contribution in [1.29, 1.82) is 0 Å². The van der Waals surface area contributed by atoms with Gasteiger partial charge in [-0.25, -0.2) is 8.78 Å². The van der Waals surface area contributed by atoms with Crippen LogP contribution in [0.5, 0.6) is 0 Å². The third-order valence-electron chi connectivity index (χ3n) is 3.51. The maximum Gasteiger partial charge on any atom is 0.309 e. The van der Waals surface area contributed by atoms with E-state index in [9.17, 15) is 18.4 Å². The Balaban J connectivity index is 1.84. The normalized spacial score (nSPS) is 20.0. The Labute approximate surface area is 121 Å². The standard InChI is InChI=1S/C15H17F2NO3/c1-18(2)14(19)5-6-21-15(20)12-8-10(12)11-7-9(16)3-4-13(11)17/h3-4,7,10,12H,5-6,8H2,1-2H3/t10-,12+/m0/s1. The van der Waals surface area contributed by atoms with Crippen LogP contribution in [0.1, 0.15) is 24.3 Å². The van der Waals surface area contributed by atoms with Crippen LogP contribution in [-0.4, -0.2) is 37.5 Å². The molecule has 0 radical (unpaired) electrons. The fourth-order valence-electron chi connectivity index (χ4n) is 2.17. The van der Waals surface area contributed by atoms with E-state index in [-0.39, 0.29) is 30.4 Å². The summed E-state index contributed by atoms with van der Waals surface area (Å²) in [5.41, 5.74) is 0.210. The highest BCUT2D eigenvalue weighted by atomic mass is 19.1. The van der Waals surface area contributed by atoms with E-state index >= 15 is 0 Å². The molecule has 2 rings (SSSR count). The summed E-state index contributed by atoms with van der Waals surface area (Å²) in [5, 5.41) is 0. The molecule has 6 heteroatoms. The first-order valence-electron chi connectivity index (χ1n) is 6.72. The van der Waals surface area contributed by atoms with Gasteiger partial charge < -0.3 is 9.64 Å². The van der Waals surface area contributed by atoms with Gasteiger partial charge in [0.05, 0.1) is 12.3 Å². The lowest BCUT2D eigenvalue weighted by Gasteiger charge is -2.10. The fourth-order valence-corrected chi connectivity index (χ4v) is 2.17. The zero-order valence-corrected chi connectivity index (χ0v) is 11.9. The van der Waals surface area contributed by atoms with Gasteiger partial charge >= 0.3 is 5.97 Å². The molecule has 0 aromatic heterocycles. The van der Waals surface area contributed by atoms with Crippen molar-refractivity contribution < 1.29 is 23.1 Å². The van der Waals surface area contributed by atoms with Crippen LogP contribution < -0.4 is 0 Å². The van der Waals surface area contributed by atoms with Crippen LogP contribution >= 0.6 is 0 Å². The highest BCUT2D eigenvalue weighted by molar-refractivity contribution is 5.79. The van der Waals surface area contributed by atoms with Gasteiger partial charge in [0, 0.05) is 20.0 Å². The smallest absolute Gasteiger partial charge is 0.309 e. The topological polar surface area (TPSA) is 46.6 Å². The SMILES string of the molecule is CN(C)C(=O)CCOC(=O)[C@@H]1C[C@H]1c1cc(F)ccc1F. The number of amides is 1. The minimum Gasteiger partial charge on any atom is -0.465 e. The summed E-state index contributed by atoms with van der Waals surface area (Å²) in [6.45, 7) is 0.00466. The Morgan fingerprint density at radius 2 is 2.05 bits per heavy atom. The number of ether oxygens (including phenoxy) is 1. The third-order valence-corrected chi connectivity index (χ3v) is 3.51.